The number of likely N-dealkylation sites (tertiary alicyclic amines) is 1. The molecule has 0 radical (unpaired) electrons. The van der Waals surface area contributed by atoms with Gasteiger partial charge in [0.1, 0.15) is 0 Å². The Hall–Kier alpha value is -1.14. The second-order valence-electron chi connectivity index (χ2n) is 5.70. The average Bonchev–Trinajstić information content (AvgIpc) is 3.03. The molecule has 0 atom stereocenters. The molecule has 1 aliphatic rings. The molecule has 0 saturated carbocycles. The molecule has 23 heavy (non-hydrogen) atoms. The van der Waals surface area contributed by atoms with E-state index in [-0.39, 0.29) is 0 Å². The molecule has 0 aliphatic carbocycles. The van der Waals surface area contributed by atoms with Gasteiger partial charge in [-0.05, 0) is 33.1 Å². The van der Waals surface area contributed by atoms with E-state index in [1.54, 1.807) is 0 Å². The molecule has 1 aromatic rings. The Morgan fingerprint density at radius 1 is 1.39 bits per heavy atom. The Bertz CT molecular complexity index is 481. The van der Waals surface area contributed by atoms with Crippen molar-refractivity contribution in [3.05, 3.63) is 16.1 Å². The van der Waals surface area contributed by atoms with Crippen molar-refractivity contribution < 1.29 is 4.74 Å². The van der Waals surface area contributed by atoms with Crippen LogP contribution in [0.15, 0.2) is 11.2 Å². The van der Waals surface area contributed by atoms with Gasteiger partial charge in [-0.25, -0.2) is 4.98 Å². The standard InChI is InChI=1S/C17H30N4OS/c1-4-15-13-20-16(23-15)7-10-19-17(18-5-2)21-11-8-14(9-12-21)22-6-3/h13-14H,4-12H2,1-3H3,(H,18,19). The summed E-state index contributed by atoms with van der Waals surface area (Å²) in [4.78, 5) is 13.0. The number of nitrogens with zero attached hydrogens (tertiary/aromatic N) is 3. The van der Waals surface area contributed by atoms with E-state index in [9.17, 15) is 0 Å². The maximum Gasteiger partial charge on any atom is 0.193 e. The van der Waals surface area contributed by atoms with E-state index < -0.39 is 0 Å². The van der Waals surface area contributed by atoms with Crippen LogP contribution in [-0.4, -0.2) is 54.7 Å². The largest absolute Gasteiger partial charge is 0.378 e. The van der Waals surface area contributed by atoms with Crippen molar-refractivity contribution in [2.24, 2.45) is 4.99 Å². The van der Waals surface area contributed by atoms with E-state index in [4.69, 9.17) is 9.73 Å². The van der Waals surface area contributed by atoms with Crippen LogP contribution >= 0.6 is 11.3 Å². The lowest BCUT2D eigenvalue weighted by atomic mass is 10.1. The van der Waals surface area contributed by atoms with Gasteiger partial charge < -0.3 is 15.0 Å². The quantitative estimate of drug-likeness (QED) is 0.613. The van der Waals surface area contributed by atoms with E-state index in [0.717, 1.165) is 64.4 Å². The topological polar surface area (TPSA) is 49.8 Å². The number of aliphatic imine (C=N–C) groups is 1. The summed E-state index contributed by atoms with van der Waals surface area (Å²) >= 11 is 1.81. The zero-order valence-corrected chi connectivity index (χ0v) is 15.5. The minimum absolute atomic E-state index is 0.418. The zero-order valence-electron chi connectivity index (χ0n) is 14.7. The lowest BCUT2D eigenvalue weighted by molar-refractivity contribution is 0.0264. The van der Waals surface area contributed by atoms with Crippen molar-refractivity contribution in [3.63, 3.8) is 0 Å². The highest BCUT2D eigenvalue weighted by Gasteiger charge is 2.21. The van der Waals surface area contributed by atoms with Crippen molar-refractivity contribution in [1.29, 1.82) is 0 Å². The van der Waals surface area contributed by atoms with Crippen LogP contribution in [-0.2, 0) is 17.6 Å². The summed E-state index contributed by atoms with van der Waals surface area (Å²) in [7, 11) is 0. The molecule has 6 heteroatoms. The number of hydrogen-bond donors (Lipinski definition) is 1. The second kappa shape index (κ2) is 9.88. The summed E-state index contributed by atoms with van der Waals surface area (Å²) in [6.07, 6.45) is 6.58. The van der Waals surface area contributed by atoms with E-state index in [1.165, 1.54) is 9.88 Å². The first-order valence-corrected chi connectivity index (χ1v) is 9.66. The number of ether oxygens (including phenoxy) is 1. The number of rotatable bonds is 7. The summed E-state index contributed by atoms with van der Waals surface area (Å²) < 4.78 is 5.73. The van der Waals surface area contributed by atoms with Crippen molar-refractivity contribution in [2.45, 2.75) is 52.6 Å². The molecule has 0 bridgehead atoms. The third kappa shape index (κ3) is 5.77. The summed E-state index contributed by atoms with van der Waals surface area (Å²) in [5.74, 6) is 1.04. The zero-order chi connectivity index (χ0) is 16.5. The molecule has 5 nitrogen and oxygen atoms in total. The Kier molecular flexibility index (Phi) is 7.82. The van der Waals surface area contributed by atoms with Gasteiger partial charge >= 0.3 is 0 Å². The lowest BCUT2D eigenvalue weighted by Crippen LogP contribution is -2.47. The fraction of sp³-hybridized carbons (Fsp3) is 0.765. The van der Waals surface area contributed by atoms with Crippen LogP contribution in [0.2, 0.25) is 0 Å². The van der Waals surface area contributed by atoms with Gasteiger partial charge in [0.2, 0.25) is 0 Å². The molecule has 2 heterocycles. The SMILES string of the molecule is CCNC(=NCCc1ncc(CC)s1)N1CCC(OCC)CC1. The number of hydrogen-bond acceptors (Lipinski definition) is 4. The van der Waals surface area contributed by atoms with Crippen molar-refractivity contribution in [2.75, 3.05) is 32.8 Å². The first-order chi connectivity index (χ1) is 11.3. The molecular weight excluding hydrogens is 308 g/mol. The monoisotopic (exact) mass is 338 g/mol. The lowest BCUT2D eigenvalue weighted by Gasteiger charge is -2.34. The molecule has 2 rings (SSSR count). The van der Waals surface area contributed by atoms with Crippen LogP contribution in [0.4, 0.5) is 0 Å². The summed E-state index contributed by atoms with van der Waals surface area (Å²) in [6.45, 7) is 10.9. The Balaban J connectivity index is 1.84. The third-order valence-electron chi connectivity index (χ3n) is 4.02. The first-order valence-electron chi connectivity index (χ1n) is 8.85. The molecule has 0 amide bonds. The molecule has 1 aliphatic heterocycles. The van der Waals surface area contributed by atoms with Crippen LogP contribution in [0.25, 0.3) is 0 Å². The van der Waals surface area contributed by atoms with E-state index >= 15 is 0 Å². The normalized spacial score (nSPS) is 16.8. The number of thiazole rings is 1. The molecule has 1 N–H and O–H groups in total. The predicted molar refractivity (Wildman–Crippen MR) is 97.4 cm³/mol. The van der Waals surface area contributed by atoms with Crippen molar-refractivity contribution >= 4 is 17.3 Å². The fourth-order valence-electron chi connectivity index (χ4n) is 2.78. The minimum Gasteiger partial charge on any atom is -0.378 e. The maximum absolute atomic E-state index is 5.73. The van der Waals surface area contributed by atoms with Gasteiger partial charge in [0.05, 0.1) is 11.1 Å². The number of aromatic nitrogens is 1. The van der Waals surface area contributed by atoms with E-state index in [1.807, 2.05) is 17.5 Å². The van der Waals surface area contributed by atoms with Crippen LogP contribution in [0.5, 0.6) is 0 Å². The molecule has 1 saturated heterocycles. The smallest absolute Gasteiger partial charge is 0.193 e. The van der Waals surface area contributed by atoms with Crippen LogP contribution in [0, 0.1) is 0 Å². The molecule has 1 aromatic heterocycles. The molecule has 1 fully saturated rings. The highest BCUT2D eigenvalue weighted by Crippen LogP contribution is 2.15. The number of aryl methyl sites for hydroxylation is 1. The van der Waals surface area contributed by atoms with Gasteiger partial charge in [-0.15, -0.1) is 11.3 Å². The average molecular weight is 339 g/mol. The Labute approximate surface area is 144 Å². The summed E-state index contributed by atoms with van der Waals surface area (Å²) in [6, 6.07) is 0. The predicted octanol–water partition coefficient (Wildman–Crippen LogP) is 2.71. The number of piperidine rings is 1. The van der Waals surface area contributed by atoms with Crippen molar-refractivity contribution in [1.82, 2.24) is 15.2 Å². The van der Waals surface area contributed by atoms with Gasteiger partial charge in [-0.3, -0.25) is 4.99 Å². The molecule has 0 aromatic carbocycles. The molecule has 130 valence electrons. The number of guanidine groups is 1. The fourth-order valence-corrected chi connectivity index (χ4v) is 3.63. The highest BCUT2D eigenvalue weighted by molar-refractivity contribution is 7.11. The van der Waals surface area contributed by atoms with E-state index in [2.05, 4.69) is 36.0 Å². The van der Waals surface area contributed by atoms with Gasteiger partial charge in [-0.1, -0.05) is 6.92 Å². The van der Waals surface area contributed by atoms with Crippen LogP contribution in [0.1, 0.15) is 43.5 Å². The Morgan fingerprint density at radius 3 is 2.78 bits per heavy atom. The van der Waals surface area contributed by atoms with Gasteiger partial charge in [-0.2, -0.15) is 0 Å². The first kappa shape index (κ1) is 18.2. The molecular formula is C17H30N4OS. The molecule has 0 unspecified atom stereocenters. The highest BCUT2D eigenvalue weighted by atomic mass is 32.1. The Morgan fingerprint density at radius 2 is 2.17 bits per heavy atom. The second-order valence-corrected chi connectivity index (χ2v) is 6.90. The van der Waals surface area contributed by atoms with Gasteiger partial charge in [0.25, 0.3) is 0 Å². The summed E-state index contributed by atoms with van der Waals surface area (Å²) in [5, 5.41) is 4.61. The third-order valence-corrected chi connectivity index (χ3v) is 5.22. The van der Waals surface area contributed by atoms with Gasteiger partial charge in [0, 0.05) is 50.3 Å². The molecule has 0 spiro atoms. The van der Waals surface area contributed by atoms with Crippen LogP contribution in [0.3, 0.4) is 0 Å². The maximum atomic E-state index is 5.73. The summed E-state index contributed by atoms with van der Waals surface area (Å²) in [5.41, 5.74) is 0. The van der Waals surface area contributed by atoms with Gasteiger partial charge in [0.15, 0.2) is 5.96 Å². The number of nitrogens with one attached hydrogen (secondary N) is 1. The van der Waals surface area contributed by atoms with Crippen LogP contribution < -0.4 is 5.32 Å². The van der Waals surface area contributed by atoms with Crippen molar-refractivity contribution in [3.8, 4) is 0 Å². The van der Waals surface area contributed by atoms with E-state index in [0.29, 0.717) is 6.10 Å². The minimum atomic E-state index is 0.418.